The van der Waals surface area contributed by atoms with Crippen molar-refractivity contribution in [3.05, 3.63) is 114 Å². The maximum absolute atomic E-state index is 4.69. The first-order valence-electron chi connectivity index (χ1n) is 10.2. The second-order valence-corrected chi connectivity index (χ2v) is 8.45. The van der Waals surface area contributed by atoms with Gasteiger partial charge in [-0.25, -0.2) is 0 Å². The first kappa shape index (κ1) is 19.7. The van der Waals surface area contributed by atoms with E-state index in [-0.39, 0.29) is 5.41 Å². The van der Waals surface area contributed by atoms with Gasteiger partial charge in [-0.2, -0.15) is 0 Å². The molecule has 0 aliphatic carbocycles. The predicted octanol–water partition coefficient (Wildman–Crippen LogP) is 7.11. The standard InChI is InChI=1S/C29H25N/c1-29(2,3)27-18-15-25(16-19-27)28-20-17-26(21-30-28)24-13-11-23(12-14-24)10-9-22-7-5-4-6-8-22/h4-8,11-21H,1-3H3. The van der Waals surface area contributed by atoms with Gasteiger partial charge in [-0.05, 0) is 46.9 Å². The van der Waals surface area contributed by atoms with Crippen LogP contribution in [0.2, 0.25) is 0 Å². The summed E-state index contributed by atoms with van der Waals surface area (Å²) in [7, 11) is 0. The van der Waals surface area contributed by atoms with Crippen LogP contribution in [0.4, 0.5) is 0 Å². The van der Waals surface area contributed by atoms with Gasteiger partial charge in [0.05, 0.1) is 5.69 Å². The Morgan fingerprint density at radius 3 is 1.70 bits per heavy atom. The minimum atomic E-state index is 0.160. The van der Waals surface area contributed by atoms with Crippen LogP contribution in [-0.4, -0.2) is 4.98 Å². The quantitative estimate of drug-likeness (QED) is 0.334. The summed E-state index contributed by atoms with van der Waals surface area (Å²) >= 11 is 0. The fraction of sp³-hybridized carbons (Fsp3) is 0.138. The van der Waals surface area contributed by atoms with Crippen molar-refractivity contribution in [2.24, 2.45) is 0 Å². The highest BCUT2D eigenvalue weighted by atomic mass is 14.7. The number of rotatable bonds is 2. The summed E-state index contributed by atoms with van der Waals surface area (Å²) in [5.74, 6) is 6.42. The Morgan fingerprint density at radius 1 is 0.567 bits per heavy atom. The first-order chi connectivity index (χ1) is 14.5. The molecule has 0 bridgehead atoms. The Labute approximate surface area is 179 Å². The molecule has 0 unspecified atom stereocenters. The third kappa shape index (κ3) is 4.67. The van der Waals surface area contributed by atoms with E-state index in [1.807, 2.05) is 36.5 Å². The van der Waals surface area contributed by atoms with Gasteiger partial charge in [0.15, 0.2) is 0 Å². The lowest BCUT2D eigenvalue weighted by Crippen LogP contribution is -2.10. The normalized spacial score (nSPS) is 10.9. The molecule has 0 atom stereocenters. The van der Waals surface area contributed by atoms with Crippen LogP contribution in [0.25, 0.3) is 22.4 Å². The smallest absolute Gasteiger partial charge is 0.0702 e. The van der Waals surface area contributed by atoms with Gasteiger partial charge in [0.25, 0.3) is 0 Å². The molecule has 30 heavy (non-hydrogen) atoms. The fourth-order valence-electron chi connectivity index (χ4n) is 3.29. The van der Waals surface area contributed by atoms with Gasteiger partial charge in [-0.15, -0.1) is 0 Å². The van der Waals surface area contributed by atoms with E-state index in [4.69, 9.17) is 0 Å². The zero-order valence-electron chi connectivity index (χ0n) is 17.7. The minimum absolute atomic E-state index is 0.160. The molecule has 0 aliphatic rings. The van der Waals surface area contributed by atoms with Crippen LogP contribution in [0, 0.1) is 11.8 Å². The Kier molecular flexibility index (Phi) is 5.50. The van der Waals surface area contributed by atoms with Crippen molar-refractivity contribution in [2.75, 3.05) is 0 Å². The number of hydrogen-bond donors (Lipinski definition) is 0. The third-order valence-corrected chi connectivity index (χ3v) is 5.15. The Hall–Kier alpha value is -3.63. The molecule has 4 rings (SSSR count). The van der Waals surface area contributed by atoms with E-state index in [1.54, 1.807) is 0 Å². The minimum Gasteiger partial charge on any atom is -0.256 e. The number of benzene rings is 3. The molecule has 1 heteroatoms. The van der Waals surface area contributed by atoms with Crippen molar-refractivity contribution < 1.29 is 0 Å². The molecule has 0 saturated carbocycles. The summed E-state index contributed by atoms with van der Waals surface area (Å²) in [5.41, 5.74) is 7.90. The summed E-state index contributed by atoms with van der Waals surface area (Å²) in [4.78, 5) is 4.69. The topological polar surface area (TPSA) is 12.9 Å². The van der Waals surface area contributed by atoms with Crippen molar-refractivity contribution in [3.8, 4) is 34.2 Å². The Bertz CT molecular complexity index is 1170. The van der Waals surface area contributed by atoms with Gasteiger partial charge in [0, 0.05) is 28.5 Å². The van der Waals surface area contributed by atoms with Crippen LogP contribution in [0.1, 0.15) is 37.5 Å². The lowest BCUT2D eigenvalue weighted by molar-refractivity contribution is 0.590. The summed E-state index contributed by atoms with van der Waals surface area (Å²) in [6.07, 6.45) is 1.94. The summed E-state index contributed by atoms with van der Waals surface area (Å²) in [5, 5.41) is 0. The SMILES string of the molecule is CC(C)(C)c1ccc(-c2ccc(-c3ccc(C#Cc4ccccc4)cc3)cn2)cc1. The third-order valence-electron chi connectivity index (χ3n) is 5.15. The van der Waals surface area contributed by atoms with E-state index < -0.39 is 0 Å². The highest BCUT2D eigenvalue weighted by Crippen LogP contribution is 2.26. The van der Waals surface area contributed by atoms with E-state index in [1.165, 1.54) is 5.56 Å². The second kappa shape index (κ2) is 8.39. The molecule has 0 radical (unpaired) electrons. The van der Waals surface area contributed by atoms with Crippen LogP contribution in [-0.2, 0) is 5.41 Å². The monoisotopic (exact) mass is 387 g/mol. The molecular formula is C29H25N. The van der Waals surface area contributed by atoms with Crippen LogP contribution >= 0.6 is 0 Å². The maximum Gasteiger partial charge on any atom is 0.0702 e. The maximum atomic E-state index is 4.69. The van der Waals surface area contributed by atoms with Crippen LogP contribution in [0.5, 0.6) is 0 Å². The van der Waals surface area contributed by atoms with E-state index in [0.29, 0.717) is 0 Å². The van der Waals surface area contributed by atoms with Crippen molar-refractivity contribution in [1.82, 2.24) is 4.98 Å². The molecule has 146 valence electrons. The van der Waals surface area contributed by atoms with Gasteiger partial charge in [0.1, 0.15) is 0 Å². The van der Waals surface area contributed by atoms with E-state index in [9.17, 15) is 0 Å². The molecule has 3 aromatic carbocycles. The fourth-order valence-corrected chi connectivity index (χ4v) is 3.29. The van der Waals surface area contributed by atoms with Crippen molar-refractivity contribution in [2.45, 2.75) is 26.2 Å². The Morgan fingerprint density at radius 2 is 1.13 bits per heavy atom. The second-order valence-electron chi connectivity index (χ2n) is 8.45. The molecule has 0 saturated heterocycles. The van der Waals surface area contributed by atoms with Gasteiger partial charge in [-0.3, -0.25) is 4.98 Å². The summed E-state index contributed by atoms with van der Waals surface area (Å²) in [6.45, 7) is 6.69. The van der Waals surface area contributed by atoms with Gasteiger partial charge in [0.2, 0.25) is 0 Å². The molecule has 1 nitrogen and oxygen atoms in total. The molecule has 0 spiro atoms. The molecule has 0 N–H and O–H groups in total. The van der Waals surface area contributed by atoms with E-state index in [0.717, 1.165) is 33.5 Å². The zero-order valence-corrected chi connectivity index (χ0v) is 17.7. The van der Waals surface area contributed by atoms with Crippen molar-refractivity contribution in [3.63, 3.8) is 0 Å². The average Bonchev–Trinajstić information content (AvgIpc) is 2.78. The van der Waals surface area contributed by atoms with Gasteiger partial charge >= 0.3 is 0 Å². The highest BCUT2D eigenvalue weighted by molar-refractivity contribution is 5.67. The molecule has 4 aromatic rings. The molecule has 0 amide bonds. The van der Waals surface area contributed by atoms with E-state index >= 15 is 0 Å². The Balaban J connectivity index is 1.50. The van der Waals surface area contributed by atoms with Crippen molar-refractivity contribution in [1.29, 1.82) is 0 Å². The number of nitrogens with zero attached hydrogens (tertiary/aromatic N) is 1. The molecule has 0 fully saturated rings. The summed E-state index contributed by atoms with van der Waals surface area (Å²) in [6, 6.07) is 31.3. The molecule has 1 heterocycles. The van der Waals surface area contributed by atoms with Crippen LogP contribution in [0.15, 0.2) is 97.2 Å². The van der Waals surface area contributed by atoms with Crippen LogP contribution < -0.4 is 0 Å². The average molecular weight is 388 g/mol. The molecule has 1 aromatic heterocycles. The lowest BCUT2D eigenvalue weighted by Gasteiger charge is -2.19. The number of pyridine rings is 1. The van der Waals surface area contributed by atoms with Crippen LogP contribution in [0.3, 0.4) is 0 Å². The largest absolute Gasteiger partial charge is 0.256 e. The number of hydrogen-bond acceptors (Lipinski definition) is 1. The molecular weight excluding hydrogens is 362 g/mol. The summed E-state index contributed by atoms with van der Waals surface area (Å²) < 4.78 is 0. The van der Waals surface area contributed by atoms with E-state index in [2.05, 4.69) is 98.3 Å². The highest BCUT2D eigenvalue weighted by Gasteiger charge is 2.13. The number of aromatic nitrogens is 1. The first-order valence-corrected chi connectivity index (χ1v) is 10.2. The van der Waals surface area contributed by atoms with Gasteiger partial charge < -0.3 is 0 Å². The lowest BCUT2D eigenvalue weighted by atomic mass is 9.86. The van der Waals surface area contributed by atoms with Gasteiger partial charge in [-0.1, -0.05) is 93.3 Å². The molecule has 0 aliphatic heterocycles. The predicted molar refractivity (Wildman–Crippen MR) is 126 cm³/mol. The van der Waals surface area contributed by atoms with Crippen molar-refractivity contribution >= 4 is 0 Å². The zero-order chi connectivity index (χ0) is 21.0.